The first-order chi connectivity index (χ1) is 19.9. The molecule has 0 unspecified atom stereocenters. The molecule has 1 fully saturated rings. The van der Waals surface area contributed by atoms with Gasteiger partial charge in [-0.05, 0) is 61.9 Å². The van der Waals surface area contributed by atoms with Gasteiger partial charge in [0.15, 0.2) is 5.82 Å². The van der Waals surface area contributed by atoms with Gasteiger partial charge in [0, 0.05) is 18.8 Å². The highest BCUT2D eigenvalue weighted by molar-refractivity contribution is 6.30. The van der Waals surface area contributed by atoms with Crippen LogP contribution in [-0.2, 0) is 6.54 Å². The normalized spacial score (nSPS) is 17.3. The fourth-order valence-corrected chi connectivity index (χ4v) is 5.57. The molecule has 5 aromatic rings. The number of rotatable bonds is 7. The minimum Gasteiger partial charge on any atom is -0.349 e. The summed E-state index contributed by atoms with van der Waals surface area (Å²) in [6, 6.07) is 12.2. The third-order valence-electron chi connectivity index (χ3n) is 7.41. The summed E-state index contributed by atoms with van der Waals surface area (Å²) in [5.74, 6) is 0.133. The van der Waals surface area contributed by atoms with Crippen LogP contribution in [0.3, 0.4) is 0 Å². The Kier molecular flexibility index (Phi) is 7.31. The predicted octanol–water partition coefficient (Wildman–Crippen LogP) is 4.74. The molecule has 0 radical (unpaired) electrons. The highest BCUT2D eigenvalue weighted by Gasteiger charge is 2.27. The summed E-state index contributed by atoms with van der Waals surface area (Å²) in [5, 5.41) is 11.2. The first kappa shape index (κ1) is 26.8. The second-order valence-corrected chi connectivity index (χ2v) is 10.4. The lowest BCUT2D eigenvalue weighted by molar-refractivity contribution is 0.0904. The number of aromatic nitrogens is 7. The number of benzene rings is 1. The monoisotopic (exact) mass is 578 g/mol. The van der Waals surface area contributed by atoms with Gasteiger partial charge in [0.05, 0.1) is 45.9 Å². The number of alkyl halides is 2. The molecule has 1 amide bonds. The summed E-state index contributed by atoms with van der Waals surface area (Å²) in [4.78, 5) is 35.9. The van der Waals surface area contributed by atoms with Crippen molar-refractivity contribution in [1.29, 1.82) is 0 Å². The molecular weight excluding hydrogens is 554 g/mol. The van der Waals surface area contributed by atoms with Crippen LogP contribution in [0.2, 0.25) is 5.02 Å². The minimum absolute atomic E-state index is 0.120. The quantitative estimate of drug-likeness (QED) is 0.298. The molecule has 1 aromatic carbocycles. The number of hydrogen-bond acceptors (Lipinski definition) is 6. The molecule has 4 aromatic heterocycles. The molecule has 1 N–H and O–H groups in total. The number of hydrogen-bond donors (Lipinski definition) is 1. The molecular formula is C28H25ClF2N8O2. The highest BCUT2D eigenvalue weighted by atomic mass is 35.5. The molecule has 4 heterocycles. The topological polar surface area (TPSA) is 113 Å². The molecule has 0 spiro atoms. The Bertz CT molecular complexity index is 1740. The number of imidazole rings is 1. The number of halogens is 3. The van der Waals surface area contributed by atoms with Crippen LogP contribution in [0, 0.1) is 5.92 Å². The lowest BCUT2D eigenvalue weighted by Crippen LogP contribution is -2.39. The Morgan fingerprint density at radius 2 is 1.73 bits per heavy atom. The van der Waals surface area contributed by atoms with Crippen molar-refractivity contribution in [3.05, 3.63) is 94.0 Å². The maximum Gasteiger partial charge on any atom is 0.333 e. The van der Waals surface area contributed by atoms with E-state index in [1.54, 1.807) is 33.8 Å². The van der Waals surface area contributed by atoms with Gasteiger partial charge in [0.25, 0.3) is 12.3 Å². The molecule has 10 nitrogen and oxygen atoms in total. The van der Waals surface area contributed by atoms with Gasteiger partial charge in [-0.25, -0.2) is 18.6 Å². The van der Waals surface area contributed by atoms with Crippen LogP contribution in [0.1, 0.15) is 48.2 Å². The van der Waals surface area contributed by atoms with E-state index in [0.717, 1.165) is 30.1 Å². The largest absolute Gasteiger partial charge is 0.349 e. The fraction of sp³-hybridized carbons (Fsp3) is 0.286. The van der Waals surface area contributed by atoms with E-state index in [0.29, 0.717) is 30.9 Å². The Morgan fingerprint density at radius 1 is 1.00 bits per heavy atom. The SMILES string of the molecule is O=C(N[C@H]1CC[C@H](Cn2c(=O)n(-c3ccc(-n4nccn4)nc3)c3ccccc32)CC1)c1cc(Cl)cnc1C(F)F. The van der Waals surface area contributed by atoms with Crippen LogP contribution in [0.5, 0.6) is 0 Å². The number of para-hydroxylation sites is 2. The third-order valence-corrected chi connectivity index (χ3v) is 7.62. The van der Waals surface area contributed by atoms with Crippen LogP contribution in [0.15, 0.2) is 72.0 Å². The summed E-state index contributed by atoms with van der Waals surface area (Å²) in [5.41, 5.74) is 1.26. The number of carbonyl (C=O) groups is 1. The van der Waals surface area contributed by atoms with Gasteiger partial charge in [-0.15, -0.1) is 4.80 Å². The Labute approximate surface area is 237 Å². The van der Waals surface area contributed by atoms with Gasteiger partial charge in [-0.2, -0.15) is 10.2 Å². The van der Waals surface area contributed by atoms with E-state index >= 15 is 0 Å². The molecule has 0 bridgehead atoms. The van der Waals surface area contributed by atoms with E-state index in [9.17, 15) is 18.4 Å². The molecule has 41 heavy (non-hydrogen) atoms. The predicted molar refractivity (Wildman–Crippen MR) is 148 cm³/mol. The summed E-state index contributed by atoms with van der Waals surface area (Å²) >= 11 is 5.90. The van der Waals surface area contributed by atoms with Crippen molar-refractivity contribution in [2.24, 2.45) is 5.92 Å². The molecule has 6 rings (SSSR count). The molecule has 13 heteroatoms. The van der Waals surface area contributed by atoms with E-state index in [-0.39, 0.29) is 28.2 Å². The maximum absolute atomic E-state index is 13.7. The number of fused-ring (bicyclic) bond motifs is 1. The Hall–Kier alpha value is -4.45. The van der Waals surface area contributed by atoms with E-state index in [2.05, 4.69) is 25.5 Å². The Balaban J connectivity index is 1.17. The number of nitrogens with zero attached hydrogens (tertiary/aromatic N) is 7. The van der Waals surface area contributed by atoms with Crippen molar-refractivity contribution >= 4 is 28.5 Å². The zero-order valence-corrected chi connectivity index (χ0v) is 22.5. The van der Waals surface area contributed by atoms with Crippen LogP contribution >= 0.6 is 11.6 Å². The van der Waals surface area contributed by atoms with Crippen molar-refractivity contribution in [2.75, 3.05) is 0 Å². The zero-order valence-electron chi connectivity index (χ0n) is 21.7. The van der Waals surface area contributed by atoms with Crippen molar-refractivity contribution in [1.82, 2.24) is 39.4 Å². The fourth-order valence-electron chi connectivity index (χ4n) is 5.41. The lowest BCUT2D eigenvalue weighted by atomic mass is 9.85. The first-order valence-electron chi connectivity index (χ1n) is 13.2. The van der Waals surface area contributed by atoms with Gasteiger partial charge >= 0.3 is 5.69 Å². The van der Waals surface area contributed by atoms with Gasteiger partial charge in [-0.1, -0.05) is 23.7 Å². The van der Waals surface area contributed by atoms with E-state index in [1.165, 1.54) is 10.9 Å². The maximum atomic E-state index is 13.7. The van der Waals surface area contributed by atoms with E-state index < -0.39 is 18.0 Å². The molecule has 1 aliphatic carbocycles. The third kappa shape index (κ3) is 5.34. The molecule has 210 valence electrons. The standard InChI is InChI=1S/C28H25ClF2N8O2/c29-18-13-21(25(26(30)31)33-14-18)27(40)36-19-7-5-17(6-8-19)16-37-22-3-1-2-4-23(22)38(28(37)41)20-9-10-24(32-15-20)39-34-11-12-35-39/h1-4,9-15,17,19,26H,5-8,16H2,(H,36,40)/t17-,19-. The van der Waals surface area contributed by atoms with Crippen molar-refractivity contribution in [2.45, 2.75) is 44.7 Å². The van der Waals surface area contributed by atoms with E-state index in [4.69, 9.17) is 11.6 Å². The summed E-state index contributed by atoms with van der Waals surface area (Å²) < 4.78 is 30.2. The van der Waals surface area contributed by atoms with Crippen molar-refractivity contribution in [3.8, 4) is 11.5 Å². The summed E-state index contributed by atoms with van der Waals surface area (Å²) in [6.07, 6.45) is 5.83. The van der Waals surface area contributed by atoms with Crippen molar-refractivity contribution in [3.63, 3.8) is 0 Å². The Morgan fingerprint density at radius 3 is 2.41 bits per heavy atom. The zero-order chi connectivity index (χ0) is 28.5. The molecule has 0 saturated heterocycles. The van der Waals surface area contributed by atoms with Crippen LogP contribution in [0.4, 0.5) is 8.78 Å². The lowest BCUT2D eigenvalue weighted by Gasteiger charge is -2.29. The van der Waals surface area contributed by atoms with Crippen molar-refractivity contribution < 1.29 is 13.6 Å². The molecule has 1 aliphatic rings. The summed E-state index contributed by atoms with van der Waals surface area (Å²) in [7, 11) is 0. The van der Waals surface area contributed by atoms with Gasteiger partial charge in [0.2, 0.25) is 0 Å². The minimum atomic E-state index is -2.88. The first-order valence-corrected chi connectivity index (χ1v) is 13.5. The number of amides is 1. The second-order valence-electron chi connectivity index (χ2n) is 9.99. The van der Waals surface area contributed by atoms with Gasteiger partial charge in [-0.3, -0.25) is 18.9 Å². The molecule has 0 aliphatic heterocycles. The second kappa shape index (κ2) is 11.2. The van der Waals surface area contributed by atoms with Gasteiger partial charge in [0.1, 0.15) is 5.69 Å². The number of pyridine rings is 2. The summed E-state index contributed by atoms with van der Waals surface area (Å²) in [6.45, 7) is 0.517. The smallest absolute Gasteiger partial charge is 0.333 e. The van der Waals surface area contributed by atoms with Gasteiger partial charge < -0.3 is 5.32 Å². The van der Waals surface area contributed by atoms with Crippen LogP contribution < -0.4 is 11.0 Å². The molecule has 0 atom stereocenters. The average molecular weight is 579 g/mol. The van der Waals surface area contributed by atoms with Crippen LogP contribution in [-0.4, -0.2) is 46.0 Å². The van der Waals surface area contributed by atoms with E-state index in [1.807, 2.05) is 30.3 Å². The highest BCUT2D eigenvalue weighted by Crippen LogP contribution is 2.29. The number of carbonyl (C=O) groups excluding carboxylic acids is 1. The van der Waals surface area contributed by atoms with Crippen LogP contribution in [0.25, 0.3) is 22.5 Å². The number of nitrogens with one attached hydrogen (secondary N) is 1. The molecule has 1 saturated carbocycles. The average Bonchev–Trinajstić information content (AvgIpc) is 3.61.